The summed E-state index contributed by atoms with van der Waals surface area (Å²) in [5.41, 5.74) is -0.139. The number of carbonyl (C=O) groups is 2. The largest absolute Gasteiger partial charge is 0.469 e. The Bertz CT molecular complexity index is 477. The van der Waals surface area contributed by atoms with Crippen LogP contribution in [0, 0.1) is 11.6 Å². The van der Waals surface area contributed by atoms with Crippen LogP contribution in [0.5, 0.6) is 0 Å². The molecule has 19 heavy (non-hydrogen) atoms. The van der Waals surface area contributed by atoms with E-state index in [-0.39, 0.29) is 18.0 Å². The smallest absolute Gasteiger partial charge is 0.306 e. The zero-order chi connectivity index (χ0) is 14.4. The lowest BCUT2D eigenvalue weighted by Crippen LogP contribution is -2.16. The van der Waals surface area contributed by atoms with Crippen LogP contribution in [-0.4, -0.2) is 29.9 Å². The van der Waals surface area contributed by atoms with Gasteiger partial charge in [-0.15, -0.1) is 11.8 Å². The molecule has 6 heteroatoms. The molecule has 0 spiro atoms. The van der Waals surface area contributed by atoms with Crippen LogP contribution < -0.4 is 0 Å². The minimum atomic E-state index is -0.870. The van der Waals surface area contributed by atoms with E-state index in [9.17, 15) is 18.4 Å². The van der Waals surface area contributed by atoms with Gasteiger partial charge in [-0.1, -0.05) is 0 Å². The molecule has 0 aliphatic heterocycles. The monoisotopic (exact) mass is 288 g/mol. The number of Topliss-reactive ketones (excluding diaryl/α,β-unsaturated/α-hetero) is 1. The second-order valence-electron chi connectivity index (χ2n) is 3.83. The van der Waals surface area contributed by atoms with Gasteiger partial charge < -0.3 is 4.74 Å². The number of benzene rings is 1. The lowest BCUT2D eigenvalue weighted by Gasteiger charge is -2.10. The Kier molecular flexibility index (Phi) is 5.95. The van der Waals surface area contributed by atoms with Crippen LogP contribution in [0.1, 0.15) is 23.7 Å². The fourth-order valence-electron chi connectivity index (χ4n) is 1.41. The Hall–Kier alpha value is -1.43. The lowest BCUT2D eigenvalue weighted by molar-refractivity contribution is -0.140. The molecule has 0 saturated carbocycles. The van der Waals surface area contributed by atoms with Gasteiger partial charge in [-0.2, -0.15) is 0 Å². The molecule has 0 bridgehead atoms. The molecule has 1 unspecified atom stereocenters. The Morgan fingerprint density at radius 2 is 2.05 bits per heavy atom. The first kappa shape index (κ1) is 15.6. The van der Waals surface area contributed by atoms with Crippen LogP contribution in [0.25, 0.3) is 0 Å². The molecule has 0 heterocycles. The summed E-state index contributed by atoms with van der Waals surface area (Å²) in [6.45, 7) is 1.62. The molecule has 3 nitrogen and oxygen atoms in total. The molecule has 0 aromatic heterocycles. The number of hydrogen-bond donors (Lipinski definition) is 0. The van der Waals surface area contributed by atoms with Gasteiger partial charge in [0, 0.05) is 11.8 Å². The molecule has 1 aromatic carbocycles. The average molecular weight is 288 g/mol. The summed E-state index contributed by atoms with van der Waals surface area (Å²) in [6, 6.07) is 2.85. The first-order valence-corrected chi connectivity index (χ1v) is 6.68. The molecule has 1 rings (SSSR count). The first-order chi connectivity index (χ1) is 8.95. The summed E-state index contributed by atoms with van der Waals surface area (Å²) in [7, 11) is 1.29. The zero-order valence-corrected chi connectivity index (χ0v) is 11.4. The van der Waals surface area contributed by atoms with Crippen molar-refractivity contribution in [3.05, 3.63) is 35.4 Å². The van der Waals surface area contributed by atoms with Crippen molar-refractivity contribution in [2.45, 2.75) is 18.6 Å². The van der Waals surface area contributed by atoms with Crippen molar-refractivity contribution >= 4 is 23.5 Å². The number of carbonyl (C=O) groups excluding carboxylic acids is 2. The number of halogens is 2. The molecule has 0 fully saturated rings. The van der Waals surface area contributed by atoms with Gasteiger partial charge in [-0.3, -0.25) is 9.59 Å². The fourth-order valence-corrected chi connectivity index (χ4v) is 2.32. The fraction of sp³-hybridized carbons (Fsp3) is 0.385. The van der Waals surface area contributed by atoms with Gasteiger partial charge in [0.05, 0.1) is 24.3 Å². The van der Waals surface area contributed by atoms with Gasteiger partial charge in [0.15, 0.2) is 5.78 Å². The quantitative estimate of drug-likeness (QED) is 0.596. The second-order valence-corrected chi connectivity index (χ2v) is 5.28. The number of methoxy groups -OCH3 is 1. The number of hydrogen-bond acceptors (Lipinski definition) is 4. The molecular formula is C13H14F2O3S. The minimum absolute atomic E-state index is 0.139. The van der Waals surface area contributed by atoms with Crippen molar-refractivity contribution in [3.63, 3.8) is 0 Å². The van der Waals surface area contributed by atoms with E-state index in [1.165, 1.54) is 18.9 Å². The summed E-state index contributed by atoms with van der Waals surface area (Å²) >= 11 is 1.23. The number of thioether (sulfide) groups is 1. The highest BCUT2D eigenvalue weighted by Gasteiger charge is 2.19. The zero-order valence-electron chi connectivity index (χ0n) is 10.6. The van der Waals surface area contributed by atoms with Gasteiger partial charge in [0.2, 0.25) is 0 Å². The van der Waals surface area contributed by atoms with E-state index in [1.54, 1.807) is 6.92 Å². The molecule has 1 atom stereocenters. The van der Waals surface area contributed by atoms with Crippen molar-refractivity contribution in [3.8, 4) is 0 Å². The highest BCUT2D eigenvalue weighted by Crippen LogP contribution is 2.19. The normalized spacial score (nSPS) is 12.0. The molecule has 0 radical (unpaired) electrons. The van der Waals surface area contributed by atoms with Gasteiger partial charge in [0.25, 0.3) is 0 Å². The predicted octanol–water partition coefficient (Wildman–Crippen LogP) is 2.83. The van der Waals surface area contributed by atoms with Gasteiger partial charge in [-0.05, 0) is 19.1 Å². The summed E-state index contributed by atoms with van der Waals surface area (Å²) in [4.78, 5) is 22.8. The minimum Gasteiger partial charge on any atom is -0.469 e. The van der Waals surface area contributed by atoms with Crippen LogP contribution >= 0.6 is 11.8 Å². The molecule has 0 aliphatic rings. The topological polar surface area (TPSA) is 43.4 Å². The van der Waals surface area contributed by atoms with Crippen LogP contribution in [0.2, 0.25) is 0 Å². The van der Waals surface area contributed by atoms with E-state index in [0.717, 1.165) is 12.1 Å². The summed E-state index contributed by atoms with van der Waals surface area (Å²) in [6.07, 6.45) is 0.185. The van der Waals surface area contributed by atoms with E-state index in [0.29, 0.717) is 11.8 Å². The van der Waals surface area contributed by atoms with Gasteiger partial charge in [0.1, 0.15) is 11.6 Å². The number of ether oxygens (including phenoxy) is 1. The summed E-state index contributed by atoms with van der Waals surface area (Å²) in [5, 5.41) is -0.510. The third kappa shape index (κ3) is 4.63. The summed E-state index contributed by atoms with van der Waals surface area (Å²) < 4.78 is 30.6. The van der Waals surface area contributed by atoms with Crippen LogP contribution in [0.3, 0.4) is 0 Å². The highest BCUT2D eigenvalue weighted by atomic mass is 32.2. The number of rotatable bonds is 6. The van der Waals surface area contributed by atoms with Gasteiger partial charge >= 0.3 is 5.97 Å². The molecule has 1 aromatic rings. The second kappa shape index (κ2) is 7.23. The van der Waals surface area contributed by atoms with Crippen molar-refractivity contribution in [1.82, 2.24) is 0 Å². The van der Waals surface area contributed by atoms with Crippen LogP contribution in [-0.2, 0) is 9.53 Å². The first-order valence-electron chi connectivity index (χ1n) is 5.63. The molecule has 0 saturated heterocycles. The Balaban J connectivity index is 2.59. The van der Waals surface area contributed by atoms with Crippen molar-refractivity contribution in [1.29, 1.82) is 0 Å². The highest BCUT2D eigenvalue weighted by molar-refractivity contribution is 8.00. The Morgan fingerprint density at radius 1 is 1.37 bits per heavy atom. The predicted molar refractivity (Wildman–Crippen MR) is 69.2 cm³/mol. The van der Waals surface area contributed by atoms with E-state index in [1.807, 2.05) is 0 Å². The Labute approximate surface area is 114 Å². The molecule has 104 valence electrons. The van der Waals surface area contributed by atoms with Gasteiger partial charge in [-0.25, -0.2) is 8.78 Å². The van der Waals surface area contributed by atoms with E-state index in [4.69, 9.17) is 0 Å². The Morgan fingerprint density at radius 3 is 2.63 bits per heavy atom. The maximum absolute atomic E-state index is 13.4. The third-order valence-electron chi connectivity index (χ3n) is 2.47. The number of ketones is 1. The SMILES string of the molecule is COC(=O)CCSC(C)C(=O)c1ccc(F)cc1F. The molecule has 0 N–H and O–H groups in total. The molecule has 0 aliphatic carbocycles. The van der Waals surface area contributed by atoms with E-state index in [2.05, 4.69) is 4.74 Å². The molecule has 0 amide bonds. The van der Waals surface area contributed by atoms with Crippen molar-refractivity contribution < 1.29 is 23.1 Å². The van der Waals surface area contributed by atoms with Crippen LogP contribution in [0.15, 0.2) is 18.2 Å². The summed E-state index contributed by atoms with van der Waals surface area (Å²) in [5.74, 6) is -1.97. The van der Waals surface area contributed by atoms with E-state index >= 15 is 0 Å². The van der Waals surface area contributed by atoms with Crippen molar-refractivity contribution in [2.75, 3.05) is 12.9 Å². The number of esters is 1. The van der Waals surface area contributed by atoms with E-state index < -0.39 is 22.7 Å². The molecular weight excluding hydrogens is 274 g/mol. The standard InChI is InChI=1S/C13H14F2O3S/c1-8(19-6-5-12(16)18-2)13(17)10-4-3-9(14)7-11(10)15/h3-4,7-8H,5-6H2,1-2H3. The maximum Gasteiger partial charge on any atom is 0.306 e. The maximum atomic E-state index is 13.4. The van der Waals surface area contributed by atoms with Crippen LogP contribution in [0.4, 0.5) is 8.78 Å². The third-order valence-corrected chi connectivity index (χ3v) is 3.62. The average Bonchev–Trinajstić information content (AvgIpc) is 2.37. The lowest BCUT2D eigenvalue weighted by atomic mass is 10.1. The van der Waals surface area contributed by atoms with Crippen molar-refractivity contribution in [2.24, 2.45) is 0 Å².